The van der Waals surface area contributed by atoms with Crippen LogP contribution < -0.4 is 5.73 Å². The number of nitrogens with two attached hydrogens (primary N) is 1. The van der Waals surface area contributed by atoms with Crippen molar-refractivity contribution in [3.8, 4) is 0 Å². The third kappa shape index (κ3) is 3.24. The minimum atomic E-state index is 0.404. The minimum absolute atomic E-state index is 0.404. The lowest BCUT2D eigenvalue weighted by atomic mass is 9.87. The molecule has 0 amide bonds. The second-order valence-corrected chi connectivity index (χ2v) is 5.42. The van der Waals surface area contributed by atoms with Crippen LogP contribution >= 0.6 is 0 Å². The zero-order chi connectivity index (χ0) is 13.8. The molecule has 2 aromatic rings. The maximum absolute atomic E-state index is 6.02. The molecule has 0 bridgehead atoms. The zero-order valence-electron chi connectivity index (χ0n) is 12.1. The van der Waals surface area contributed by atoms with Gasteiger partial charge in [-0.3, -0.25) is 0 Å². The fraction of sp³-hybridized carbons (Fsp3) is 0.333. The van der Waals surface area contributed by atoms with Gasteiger partial charge >= 0.3 is 0 Å². The molecule has 100 valence electrons. The molecule has 19 heavy (non-hydrogen) atoms. The van der Waals surface area contributed by atoms with E-state index in [4.69, 9.17) is 5.73 Å². The third-order valence-corrected chi connectivity index (χ3v) is 3.89. The highest BCUT2D eigenvalue weighted by molar-refractivity contribution is 5.36. The average Bonchev–Trinajstić information content (AvgIpc) is 2.41. The molecule has 0 saturated heterocycles. The van der Waals surface area contributed by atoms with Gasteiger partial charge in [0, 0.05) is 5.92 Å². The Labute approximate surface area is 116 Å². The normalized spacial score (nSPS) is 12.4. The molecule has 2 rings (SSSR count). The summed E-state index contributed by atoms with van der Waals surface area (Å²) < 4.78 is 0. The van der Waals surface area contributed by atoms with Crippen LogP contribution in [0.1, 0.15) is 33.7 Å². The van der Waals surface area contributed by atoms with Gasteiger partial charge in [-0.1, -0.05) is 48.0 Å². The number of aryl methyl sites for hydroxylation is 3. The van der Waals surface area contributed by atoms with Crippen LogP contribution in [0.15, 0.2) is 42.5 Å². The van der Waals surface area contributed by atoms with Crippen LogP contribution in [0.4, 0.5) is 0 Å². The molecule has 2 N–H and O–H groups in total. The molecule has 1 atom stereocenters. The van der Waals surface area contributed by atoms with E-state index in [2.05, 4.69) is 63.2 Å². The van der Waals surface area contributed by atoms with Crippen LogP contribution in [0.5, 0.6) is 0 Å². The van der Waals surface area contributed by atoms with Crippen molar-refractivity contribution in [2.24, 2.45) is 5.73 Å². The van der Waals surface area contributed by atoms with Crippen LogP contribution in [0, 0.1) is 20.8 Å². The summed E-state index contributed by atoms with van der Waals surface area (Å²) in [5.74, 6) is 0.404. The number of hydrogen-bond donors (Lipinski definition) is 1. The van der Waals surface area contributed by atoms with Crippen LogP contribution in [0.2, 0.25) is 0 Å². The summed E-state index contributed by atoms with van der Waals surface area (Å²) in [5.41, 5.74) is 12.8. The average molecular weight is 253 g/mol. The summed E-state index contributed by atoms with van der Waals surface area (Å²) >= 11 is 0. The fourth-order valence-corrected chi connectivity index (χ4v) is 2.62. The van der Waals surface area contributed by atoms with Crippen molar-refractivity contribution in [2.75, 3.05) is 6.54 Å². The molecule has 0 aliphatic heterocycles. The molecule has 0 radical (unpaired) electrons. The standard InChI is InChI=1S/C18H23N/c1-13-8-9-15(3)18(10-13)17(12-19)11-16-7-5-4-6-14(16)2/h4-10,17H,11-12,19H2,1-3H3. The van der Waals surface area contributed by atoms with E-state index in [0.717, 1.165) is 6.42 Å². The highest BCUT2D eigenvalue weighted by Gasteiger charge is 2.14. The molecule has 0 aromatic heterocycles. The smallest absolute Gasteiger partial charge is 0.000439 e. The summed E-state index contributed by atoms with van der Waals surface area (Å²) in [5, 5.41) is 0. The van der Waals surface area contributed by atoms with E-state index in [9.17, 15) is 0 Å². The van der Waals surface area contributed by atoms with E-state index in [1.54, 1.807) is 0 Å². The number of rotatable bonds is 4. The van der Waals surface area contributed by atoms with Gasteiger partial charge in [0.05, 0.1) is 0 Å². The SMILES string of the molecule is Cc1ccc(C)c(C(CN)Cc2ccccc2C)c1. The summed E-state index contributed by atoms with van der Waals surface area (Å²) in [6.07, 6.45) is 1.02. The summed E-state index contributed by atoms with van der Waals surface area (Å²) in [6.45, 7) is 7.18. The molecule has 1 nitrogen and oxygen atoms in total. The largest absolute Gasteiger partial charge is 0.330 e. The first kappa shape index (κ1) is 13.8. The maximum atomic E-state index is 6.02. The lowest BCUT2D eigenvalue weighted by molar-refractivity contribution is 0.687. The van der Waals surface area contributed by atoms with Gasteiger partial charge in [0.1, 0.15) is 0 Å². The predicted molar refractivity (Wildman–Crippen MR) is 82.6 cm³/mol. The summed E-state index contributed by atoms with van der Waals surface area (Å²) in [7, 11) is 0. The fourth-order valence-electron chi connectivity index (χ4n) is 2.62. The summed E-state index contributed by atoms with van der Waals surface area (Å²) in [4.78, 5) is 0. The van der Waals surface area contributed by atoms with E-state index < -0.39 is 0 Å². The van der Waals surface area contributed by atoms with Crippen molar-refractivity contribution in [1.29, 1.82) is 0 Å². The Morgan fingerprint density at radius 1 is 0.947 bits per heavy atom. The first-order valence-corrected chi connectivity index (χ1v) is 6.93. The molecule has 1 heteroatoms. The Hall–Kier alpha value is -1.60. The Kier molecular flexibility index (Phi) is 4.39. The van der Waals surface area contributed by atoms with Gasteiger partial charge < -0.3 is 5.73 Å². The van der Waals surface area contributed by atoms with E-state index in [1.165, 1.54) is 27.8 Å². The second-order valence-electron chi connectivity index (χ2n) is 5.42. The highest BCUT2D eigenvalue weighted by atomic mass is 14.5. The Balaban J connectivity index is 2.30. The Bertz CT molecular complexity index is 557. The first-order chi connectivity index (χ1) is 9.11. The number of benzene rings is 2. The van der Waals surface area contributed by atoms with E-state index in [1.807, 2.05) is 0 Å². The van der Waals surface area contributed by atoms with Crippen LogP contribution in [0.25, 0.3) is 0 Å². The van der Waals surface area contributed by atoms with Gasteiger partial charge in [0.2, 0.25) is 0 Å². The van der Waals surface area contributed by atoms with Crippen molar-refractivity contribution in [3.63, 3.8) is 0 Å². The number of hydrogen-bond acceptors (Lipinski definition) is 1. The summed E-state index contributed by atoms with van der Waals surface area (Å²) in [6, 6.07) is 15.2. The van der Waals surface area contributed by atoms with Gasteiger partial charge in [-0.2, -0.15) is 0 Å². The van der Waals surface area contributed by atoms with Crippen molar-refractivity contribution in [2.45, 2.75) is 33.1 Å². The molecule has 0 heterocycles. The molecular formula is C18H23N. The van der Waals surface area contributed by atoms with Crippen molar-refractivity contribution in [1.82, 2.24) is 0 Å². The molecule has 0 aliphatic carbocycles. The van der Waals surface area contributed by atoms with Gasteiger partial charge in [-0.15, -0.1) is 0 Å². The molecular weight excluding hydrogens is 230 g/mol. The van der Waals surface area contributed by atoms with Crippen molar-refractivity contribution < 1.29 is 0 Å². The van der Waals surface area contributed by atoms with E-state index in [0.29, 0.717) is 12.5 Å². The lowest BCUT2D eigenvalue weighted by Gasteiger charge is -2.19. The van der Waals surface area contributed by atoms with Crippen LogP contribution in [0.3, 0.4) is 0 Å². The molecule has 0 fully saturated rings. The van der Waals surface area contributed by atoms with Crippen molar-refractivity contribution in [3.05, 3.63) is 70.3 Å². The second kappa shape index (κ2) is 6.03. The van der Waals surface area contributed by atoms with Gasteiger partial charge in [0.15, 0.2) is 0 Å². The molecule has 2 aromatic carbocycles. The Morgan fingerprint density at radius 3 is 2.37 bits per heavy atom. The molecule has 0 spiro atoms. The van der Waals surface area contributed by atoms with E-state index >= 15 is 0 Å². The van der Waals surface area contributed by atoms with E-state index in [-0.39, 0.29) is 0 Å². The van der Waals surface area contributed by atoms with Crippen molar-refractivity contribution >= 4 is 0 Å². The minimum Gasteiger partial charge on any atom is -0.330 e. The monoisotopic (exact) mass is 253 g/mol. The molecule has 1 unspecified atom stereocenters. The predicted octanol–water partition coefficient (Wildman–Crippen LogP) is 3.90. The van der Waals surface area contributed by atoms with Gasteiger partial charge in [0.25, 0.3) is 0 Å². The van der Waals surface area contributed by atoms with Gasteiger partial charge in [-0.05, 0) is 56.0 Å². The zero-order valence-corrected chi connectivity index (χ0v) is 12.1. The van der Waals surface area contributed by atoms with Gasteiger partial charge in [-0.25, -0.2) is 0 Å². The molecule has 0 aliphatic rings. The maximum Gasteiger partial charge on any atom is 0.000439 e. The quantitative estimate of drug-likeness (QED) is 0.878. The van der Waals surface area contributed by atoms with Crippen LogP contribution in [-0.2, 0) is 6.42 Å². The Morgan fingerprint density at radius 2 is 1.68 bits per heavy atom. The lowest BCUT2D eigenvalue weighted by Crippen LogP contribution is -2.16. The molecule has 0 saturated carbocycles. The third-order valence-electron chi connectivity index (χ3n) is 3.89. The first-order valence-electron chi connectivity index (χ1n) is 6.93. The van der Waals surface area contributed by atoms with Crippen LogP contribution in [-0.4, -0.2) is 6.54 Å². The highest BCUT2D eigenvalue weighted by Crippen LogP contribution is 2.25. The topological polar surface area (TPSA) is 26.0 Å².